The molecule has 3 aromatic rings. The highest BCUT2D eigenvalue weighted by Crippen LogP contribution is 2.31. The number of aryl methyl sites for hydroxylation is 1. The average Bonchev–Trinajstić information content (AvgIpc) is 2.94. The Labute approximate surface area is 149 Å². The number of benzene rings is 2. The van der Waals surface area contributed by atoms with Crippen LogP contribution in [0.4, 0.5) is 5.69 Å². The van der Waals surface area contributed by atoms with Crippen molar-refractivity contribution in [2.75, 3.05) is 5.32 Å². The van der Waals surface area contributed by atoms with Crippen molar-refractivity contribution < 1.29 is 4.79 Å². The number of fused-ring (bicyclic) bond motifs is 3. The molecule has 0 atom stereocenters. The quantitative estimate of drug-likeness (QED) is 0.687. The predicted octanol–water partition coefficient (Wildman–Crippen LogP) is 4.66. The Balaban J connectivity index is 1.94. The molecule has 0 aliphatic heterocycles. The van der Waals surface area contributed by atoms with Crippen LogP contribution in [-0.2, 0) is 11.3 Å². The van der Waals surface area contributed by atoms with Crippen LogP contribution in [0.5, 0.6) is 0 Å². The van der Waals surface area contributed by atoms with Crippen molar-refractivity contribution in [3.8, 4) is 0 Å². The molecular formula is C21H27N3O. The summed E-state index contributed by atoms with van der Waals surface area (Å²) in [5.41, 5.74) is 9.09. The summed E-state index contributed by atoms with van der Waals surface area (Å²) in [6, 6.07) is 14.5. The summed E-state index contributed by atoms with van der Waals surface area (Å²) in [6.45, 7) is 7.13. The highest BCUT2D eigenvalue weighted by Gasteiger charge is 2.24. The van der Waals surface area contributed by atoms with Crippen LogP contribution in [-0.4, -0.2) is 16.0 Å². The van der Waals surface area contributed by atoms with E-state index in [0.29, 0.717) is 6.42 Å². The van der Waals surface area contributed by atoms with Crippen LogP contribution in [0.2, 0.25) is 0 Å². The third-order valence-corrected chi connectivity index (χ3v) is 5.29. The van der Waals surface area contributed by atoms with Crippen molar-refractivity contribution in [1.82, 2.24) is 4.57 Å². The van der Waals surface area contributed by atoms with Crippen molar-refractivity contribution in [2.24, 2.45) is 5.73 Å². The first-order valence-corrected chi connectivity index (χ1v) is 9.11. The van der Waals surface area contributed by atoms with Crippen molar-refractivity contribution in [3.05, 3.63) is 42.5 Å². The molecule has 4 nitrogen and oxygen atoms in total. The number of hydrogen-bond donors (Lipinski definition) is 2. The Kier molecular flexibility index (Phi) is 4.82. The molecule has 0 spiro atoms. The van der Waals surface area contributed by atoms with Crippen LogP contribution in [0.1, 0.15) is 40.0 Å². The second-order valence-electron chi connectivity index (χ2n) is 6.79. The summed E-state index contributed by atoms with van der Waals surface area (Å²) < 4.78 is 2.30. The molecule has 3 rings (SSSR count). The fraction of sp³-hybridized carbons (Fsp3) is 0.381. The Morgan fingerprint density at radius 2 is 1.72 bits per heavy atom. The topological polar surface area (TPSA) is 60.0 Å². The van der Waals surface area contributed by atoms with Gasteiger partial charge in [-0.15, -0.1) is 0 Å². The van der Waals surface area contributed by atoms with E-state index < -0.39 is 5.54 Å². The third kappa shape index (κ3) is 3.27. The summed E-state index contributed by atoms with van der Waals surface area (Å²) in [7, 11) is 0. The molecule has 0 fully saturated rings. The van der Waals surface area contributed by atoms with Gasteiger partial charge in [-0.1, -0.05) is 32.0 Å². The first kappa shape index (κ1) is 17.5. The third-order valence-electron chi connectivity index (χ3n) is 5.29. The number of amides is 1. The van der Waals surface area contributed by atoms with Crippen LogP contribution in [0, 0.1) is 0 Å². The highest BCUT2D eigenvalue weighted by molar-refractivity contribution is 6.09. The molecule has 0 unspecified atom stereocenters. The molecular weight excluding hydrogens is 310 g/mol. The van der Waals surface area contributed by atoms with Crippen molar-refractivity contribution >= 4 is 33.4 Å². The van der Waals surface area contributed by atoms with Gasteiger partial charge in [0.15, 0.2) is 0 Å². The number of nitrogens with zero attached hydrogens (tertiary/aromatic N) is 1. The number of rotatable bonds is 6. The lowest BCUT2D eigenvalue weighted by atomic mass is 9.90. The Morgan fingerprint density at radius 1 is 1.04 bits per heavy atom. The fourth-order valence-electron chi connectivity index (χ4n) is 3.50. The van der Waals surface area contributed by atoms with Gasteiger partial charge in [0.1, 0.15) is 0 Å². The van der Waals surface area contributed by atoms with E-state index >= 15 is 0 Å². The standard InChI is InChI=1S/C21H27N3O/c1-4-21(22,5-2)14-20(25)23-15-11-12-19-17(13-15)16-9-7-8-10-18(16)24(19)6-3/h7-13H,4-6,14,22H2,1-3H3,(H,23,25). The Hall–Kier alpha value is -2.33. The van der Waals surface area contributed by atoms with Gasteiger partial charge in [0.2, 0.25) is 5.91 Å². The molecule has 4 heteroatoms. The Bertz CT molecular complexity index is 906. The van der Waals surface area contributed by atoms with Gasteiger partial charge in [-0.2, -0.15) is 0 Å². The van der Waals surface area contributed by atoms with Crippen LogP contribution in [0.3, 0.4) is 0 Å². The number of carbonyl (C=O) groups excluding carboxylic acids is 1. The monoisotopic (exact) mass is 337 g/mol. The fourth-order valence-corrected chi connectivity index (χ4v) is 3.50. The zero-order chi connectivity index (χ0) is 18.0. The normalized spacial score (nSPS) is 12.0. The zero-order valence-electron chi connectivity index (χ0n) is 15.3. The summed E-state index contributed by atoms with van der Waals surface area (Å²) in [5, 5.41) is 5.40. The van der Waals surface area contributed by atoms with Crippen LogP contribution in [0.15, 0.2) is 42.5 Å². The van der Waals surface area contributed by atoms with E-state index in [9.17, 15) is 4.79 Å². The maximum Gasteiger partial charge on any atom is 0.226 e. The van der Waals surface area contributed by atoms with Gasteiger partial charge in [0.05, 0.1) is 0 Å². The second kappa shape index (κ2) is 6.89. The summed E-state index contributed by atoms with van der Waals surface area (Å²) >= 11 is 0. The predicted molar refractivity (Wildman–Crippen MR) is 106 cm³/mol. The van der Waals surface area contributed by atoms with Gasteiger partial charge in [0, 0.05) is 46.0 Å². The molecule has 3 N–H and O–H groups in total. The van der Waals surface area contributed by atoms with E-state index in [1.165, 1.54) is 21.8 Å². The summed E-state index contributed by atoms with van der Waals surface area (Å²) in [6.07, 6.45) is 1.93. The van der Waals surface area contributed by atoms with E-state index in [2.05, 4.69) is 53.2 Å². The molecule has 2 aromatic carbocycles. The number of hydrogen-bond acceptors (Lipinski definition) is 2. The molecule has 132 valence electrons. The molecule has 0 radical (unpaired) electrons. The van der Waals surface area contributed by atoms with Crippen molar-refractivity contribution in [1.29, 1.82) is 0 Å². The minimum atomic E-state index is -0.424. The van der Waals surface area contributed by atoms with Crippen LogP contribution < -0.4 is 11.1 Å². The number of para-hydroxylation sites is 1. The molecule has 0 saturated heterocycles. The van der Waals surface area contributed by atoms with Crippen LogP contribution in [0.25, 0.3) is 21.8 Å². The van der Waals surface area contributed by atoms with E-state index in [1.807, 2.05) is 19.9 Å². The number of nitrogens with two attached hydrogens (primary N) is 1. The maximum absolute atomic E-state index is 12.4. The van der Waals surface area contributed by atoms with E-state index in [1.54, 1.807) is 0 Å². The number of nitrogens with one attached hydrogen (secondary N) is 1. The average molecular weight is 337 g/mol. The lowest BCUT2D eigenvalue weighted by molar-refractivity contribution is -0.117. The maximum atomic E-state index is 12.4. The molecule has 0 saturated carbocycles. The SMILES string of the molecule is CCn1c2ccccc2c2cc(NC(=O)CC(N)(CC)CC)ccc21. The molecule has 0 aliphatic carbocycles. The molecule has 1 amide bonds. The molecule has 0 aliphatic rings. The molecule has 1 heterocycles. The van der Waals surface area contributed by atoms with Gasteiger partial charge >= 0.3 is 0 Å². The minimum absolute atomic E-state index is 0.0234. The molecule has 0 bridgehead atoms. The van der Waals surface area contributed by atoms with E-state index in [0.717, 1.165) is 25.1 Å². The Morgan fingerprint density at radius 3 is 2.40 bits per heavy atom. The minimum Gasteiger partial charge on any atom is -0.341 e. The number of carbonyl (C=O) groups is 1. The van der Waals surface area contributed by atoms with Gasteiger partial charge in [-0.25, -0.2) is 0 Å². The second-order valence-corrected chi connectivity index (χ2v) is 6.79. The molecule has 25 heavy (non-hydrogen) atoms. The lowest BCUT2D eigenvalue weighted by Gasteiger charge is -2.25. The van der Waals surface area contributed by atoms with Crippen LogP contribution >= 0.6 is 0 Å². The van der Waals surface area contributed by atoms with Gasteiger partial charge in [0.25, 0.3) is 0 Å². The van der Waals surface area contributed by atoms with E-state index in [4.69, 9.17) is 5.73 Å². The lowest BCUT2D eigenvalue weighted by Crippen LogP contribution is -2.41. The number of anilines is 1. The largest absolute Gasteiger partial charge is 0.341 e. The zero-order valence-corrected chi connectivity index (χ0v) is 15.3. The van der Waals surface area contributed by atoms with Crippen molar-refractivity contribution in [3.63, 3.8) is 0 Å². The van der Waals surface area contributed by atoms with E-state index in [-0.39, 0.29) is 5.91 Å². The summed E-state index contributed by atoms with van der Waals surface area (Å²) in [5.74, 6) is -0.0234. The van der Waals surface area contributed by atoms with Gasteiger partial charge in [-0.3, -0.25) is 4.79 Å². The summed E-state index contributed by atoms with van der Waals surface area (Å²) in [4.78, 5) is 12.4. The molecule has 1 aromatic heterocycles. The van der Waals surface area contributed by atoms with Gasteiger partial charge < -0.3 is 15.6 Å². The van der Waals surface area contributed by atoms with Gasteiger partial charge in [-0.05, 0) is 44.0 Å². The first-order chi connectivity index (χ1) is 12.0. The number of aromatic nitrogens is 1. The van der Waals surface area contributed by atoms with Crippen molar-refractivity contribution in [2.45, 2.75) is 52.1 Å². The smallest absolute Gasteiger partial charge is 0.226 e. The first-order valence-electron chi connectivity index (χ1n) is 9.11. The highest BCUT2D eigenvalue weighted by atomic mass is 16.1.